The van der Waals surface area contributed by atoms with Crippen molar-refractivity contribution < 1.29 is 27.9 Å². The van der Waals surface area contributed by atoms with Crippen LogP contribution in [0.1, 0.15) is 15.9 Å². The molecule has 8 heteroatoms. The van der Waals surface area contributed by atoms with E-state index >= 15 is 0 Å². The number of carbonyl (C=O) groups is 2. The van der Waals surface area contributed by atoms with E-state index in [1.54, 1.807) is 0 Å². The maximum atomic E-state index is 11.8. The third kappa shape index (κ3) is 3.76. The summed E-state index contributed by atoms with van der Waals surface area (Å²) in [5.41, 5.74) is 0.540. The molecule has 0 aliphatic heterocycles. The van der Waals surface area contributed by atoms with Gasteiger partial charge in [0.2, 0.25) is 10.0 Å². The molecule has 1 aromatic carbocycles. The summed E-state index contributed by atoms with van der Waals surface area (Å²) in [5, 5.41) is 8.45. The van der Waals surface area contributed by atoms with Crippen molar-refractivity contribution in [1.29, 1.82) is 0 Å². The summed E-state index contributed by atoms with van der Waals surface area (Å²) in [6.07, 6.45) is 0. The Balaban J connectivity index is 3.08. The van der Waals surface area contributed by atoms with E-state index in [4.69, 9.17) is 5.11 Å². The average Bonchev–Trinajstić information content (AvgIpc) is 2.35. The molecule has 0 spiro atoms. The quantitative estimate of drug-likeness (QED) is 0.746. The molecule has 1 aromatic rings. The van der Waals surface area contributed by atoms with Crippen molar-refractivity contribution in [3.8, 4) is 0 Å². The Morgan fingerprint density at radius 1 is 1.37 bits per heavy atom. The minimum atomic E-state index is -3.92. The van der Waals surface area contributed by atoms with Crippen LogP contribution in [0.25, 0.3) is 0 Å². The van der Waals surface area contributed by atoms with Crippen LogP contribution in [0.5, 0.6) is 0 Å². The molecule has 104 valence electrons. The van der Waals surface area contributed by atoms with Crippen LogP contribution in [0.15, 0.2) is 23.1 Å². The molecule has 0 radical (unpaired) electrons. The highest BCUT2D eigenvalue weighted by atomic mass is 32.2. The normalized spacial score (nSPS) is 11.1. The molecule has 0 saturated carbocycles. The second kappa shape index (κ2) is 5.81. The third-order valence-corrected chi connectivity index (χ3v) is 3.86. The number of hydrogen-bond donors (Lipinski definition) is 2. The van der Waals surface area contributed by atoms with Crippen molar-refractivity contribution in [1.82, 2.24) is 4.72 Å². The molecular weight excluding hydrogens is 274 g/mol. The van der Waals surface area contributed by atoms with Gasteiger partial charge in [0.05, 0.1) is 17.6 Å². The molecule has 0 unspecified atom stereocenters. The molecule has 0 heterocycles. The van der Waals surface area contributed by atoms with Crippen LogP contribution in [-0.2, 0) is 19.6 Å². The zero-order valence-electron chi connectivity index (χ0n) is 10.3. The maximum Gasteiger partial charge on any atom is 0.337 e. The number of carboxylic acids is 1. The number of benzene rings is 1. The number of carboxylic acid groups (broad SMARTS) is 1. The van der Waals surface area contributed by atoms with Gasteiger partial charge in [0.1, 0.15) is 6.54 Å². The summed E-state index contributed by atoms with van der Waals surface area (Å²) in [7, 11) is -2.70. The number of carbonyl (C=O) groups excluding carboxylic acids is 1. The first kappa shape index (κ1) is 15.1. The first-order chi connectivity index (χ1) is 8.77. The Hall–Kier alpha value is -1.93. The molecule has 0 bridgehead atoms. The van der Waals surface area contributed by atoms with Crippen LogP contribution < -0.4 is 4.72 Å². The summed E-state index contributed by atoms with van der Waals surface area (Å²) >= 11 is 0. The zero-order chi connectivity index (χ0) is 14.6. The van der Waals surface area contributed by atoms with E-state index in [1.807, 2.05) is 4.72 Å². The standard InChI is InChI=1S/C11H13NO6S/c1-7-5-8(11(15)18-2)3-4-9(7)19(16,17)12-6-10(13)14/h3-5,12H,6H2,1-2H3,(H,13,14). The molecule has 0 saturated heterocycles. The van der Waals surface area contributed by atoms with Crippen LogP contribution >= 0.6 is 0 Å². The highest BCUT2D eigenvalue weighted by molar-refractivity contribution is 7.89. The van der Waals surface area contributed by atoms with Gasteiger partial charge in [-0.25, -0.2) is 13.2 Å². The summed E-state index contributed by atoms with van der Waals surface area (Å²) in [4.78, 5) is 21.6. The largest absolute Gasteiger partial charge is 0.480 e. The number of aliphatic carboxylic acids is 1. The molecular formula is C11H13NO6S. The van der Waals surface area contributed by atoms with Gasteiger partial charge in [-0.3, -0.25) is 4.79 Å². The number of rotatable bonds is 5. The van der Waals surface area contributed by atoms with Gasteiger partial charge in [-0.2, -0.15) is 4.72 Å². The molecule has 7 nitrogen and oxygen atoms in total. The van der Waals surface area contributed by atoms with Gasteiger partial charge in [0.25, 0.3) is 0 Å². The Kier molecular flexibility index (Phi) is 4.62. The van der Waals surface area contributed by atoms with Crippen molar-refractivity contribution >= 4 is 22.0 Å². The van der Waals surface area contributed by atoms with Gasteiger partial charge >= 0.3 is 11.9 Å². The molecule has 0 fully saturated rings. The zero-order valence-corrected chi connectivity index (χ0v) is 11.2. The average molecular weight is 287 g/mol. The van der Waals surface area contributed by atoms with E-state index in [9.17, 15) is 18.0 Å². The molecule has 0 aliphatic rings. The van der Waals surface area contributed by atoms with Crippen LogP contribution in [0.4, 0.5) is 0 Å². The van der Waals surface area contributed by atoms with Crippen LogP contribution in [0, 0.1) is 6.92 Å². The van der Waals surface area contributed by atoms with Crippen molar-refractivity contribution in [3.63, 3.8) is 0 Å². The number of hydrogen-bond acceptors (Lipinski definition) is 5. The Morgan fingerprint density at radius 3 is 2.47 bits per heavy atom. The van der Waals surface area contributed by atoms with Gasteiger partial charge in [-0.1, -0.05) is 0 Å². The summed E-state index contributed by atoms with van der Waals surface area (Å²) in [5.74, 6) is -1.86. The fourth-order valence-electron chi connectivity index (χ4n) is 1.43. The number of esters is 1. The number of ether oxygens (including phenoxy) is 1. The van der Waals surface area contributed by atoms with E-state index in [1.165, 1.54) is 32.2 Å². The number of nitrogens with one attached hydrogen (secondary N) is 1. The van der Waals surface area contributed by atoms with Crippen molar-refractivity contribution in [2.75, 3.05) is 13.7 Å². The second-order valence-corrected chi connectivity index (χ2v) is 5.43. The lowest BCUT2D eigenvalue weighted by Gasteiger charge is -2.09. The lowest BCUT2D eigenvalue weighted by atomic mass is 10.1. The number of aryl methyl sites for hydroxylation is 1. The minimum Gasteiger partial charge on any atom is -0.480 e. The molecule has 2 N–H and O–H groups in total. The topological polar surface area (TPSA) is 110 Å². The predicted molar refractivity (Wildman–Crippen MR) is 65.3 cm³/mol. The van der Waals surface area contributed by atoms with Gasteiger partial charge in [-0.15, -0.1) is 0 Å². The summed E-state index contributed by atoms with van der Waals surface area (Å²) in [6.45, 7) is 0.794. The van der Waals surface area contributed by atoms with E-state index in [2.05, 4.69) is 4.74 Å². The first-order valence-electron chi connectivity index (χ1n) is 5.18. The monoisotopic (exact) mass is 287 g/mol. The van der Waals surface area contributed by atoms with Crippen molar-refractivity contribution in [2.24, 2.45) is 0 Å². The molecule has 0 aromatic heterocycles. The number of sulfonamides is 1. The molecule has 0 amide bonds. The van der Waals surface area contributed by atoms with E-state index in [-0.39, 0.29) is 10.5 Å². The SMILES string of the molecule is COC(=O)c1ccc(S(=O)(=O)NCC(=O)O)c(C)c1. The third-order valence-electron chi connectivity index (χ3n) is 2.30. The number of methoxy groups -OCH3 is 1. The Morgan fingerprint density at radius 2 is 2.00 bits per heavy atom. The highest BCUT2D eigenvalue weighted by Gasteiger charge is 2.19. The Bertz CT molecular complexity index is 608. The second-order valence-electron chi connectivity index (χ2n) is 3.69. The van der Waals surface area contributed by atoms with Gasteiger partial charge < -0.3 is 9.84 Å². The van der Waals surface area contributed by atoms with Crippen LogP contribution in [0.2, 0.25) is 0 Å². The minimum absolute atomic E-state index is 0.0820. The van der Waals surface area contributed by atoms with Gasteiger partial charge in [-0.05, 0) is 30.7 Å². The van der Waals surface area contributed by atoms with E-state index < -0.39 is 28.5 Å². The smallest absolute Gasteiger partial charge is 0.337 e. The molecule has 1 rings (SSSR count). The molecule has 0 aliphatic carbocycles. The summed E-state index contributed by atoms with van der Waals surface area (Å²) in [6, 6.07) is 3.89. The Labute approximate surface area is 110 Å². The molecule has 19 heavy (non-hydrogen) atoms. The van der Waals surface area contributed by atoms with Crippen LogP contribution in [-0.4, -0.2) is 39.1 Å². The van der Waals surface area contributed by atoms with Crippen molar-refractivity contribution in [3.05, 3.63) is 29.3 Å². The molecule has 0 atom stereocenters. The fraction of sp³-hybridized carbons (Fsp3) is 0.273. The predicted octanol–water partition coefficient (Wildman–Crippen LogP) is 0.145. The van der Waals surface area contributed by atoms with Gasteiger partial charge in [0.15, 0.2) is 0 Å². The van der Waals surface area contributed by atoms with Crippen molar-refractivity contribution in [2.45, 2.75) is 11.8 Å². The first-order valence-corrected chi connectivity index (χ1v) is 6.66. The lowest BCUT2D eigenvalue weighted by molar-refractivity contribution is -0.135. The van der Waals surface area contributed by atoms with E-state index in [0.717, 1.165) is 0 Å². The van der Waals surface area contributed by atoms with Crippen LogP contribution in [0.3, 0.4) is 0 Å². The van der Waals surface area contributed by atoms with E-state index in [0.29, 0.717) is 5.56 Å². The highest BCUT2D eigenvalue weighted by Crippen LogP contribution is 2.17. The summed E-state index contributed by atoms with van der Waals surface area (Å²) < 4.78 is 30.1. The van der Waals surface area contributed by atoms with Gasteiger partial charge in [0, 0.05) is 0 Å². The lowest BCUT2D eigenvalue weighted by Crippen LogP contribution is -2.29. The fourth-order valence-corrected chi connectivity index (χ4v) is 2.63. The maximum absolute atomic E-state index is 11.8.